The van der Waals surface area contributed by atoms with E-state index in [4.69, 9.17) is 11.6 Å². The molecule has 1 heterocycles. The summed E-state index contributed by atoms with van der Waals surface area (Å²) in [6.45, 7) is 3.93. The first-order valence-corrected chi connectivity index (χ1v) is 6.54. The molecule has 2 rings (SSSR count). The first kappa shape index (κ1) is 13.1. The van der Waals surface area contributed by atoms with Gasteiger partial charge in [-0.25, -0.2) is 0 Å². The molecule has 1 aromatic carbocycles. The number of aromatic nitrogens is 1. The van der Waals surface area contributed by atoms with E-state index in [1.165, 1.54) is 11.1 Å². The zero-order valence-electron chi connectivity index (χ0n) is 10.5. The molecule has 1 N–H and O–H groups in total. The van der Waals surface area contributed by atoms with Gasteiger partial charge < -0.3 is 5.32 Å². The van der Waals surface area contributed by atoms with Gasteiger partial charge in [-0.3, -0.25) is 4.98 Å². The summed E-state index contributed by atoms with van der Waals surface area (Å²) in [5.74, 6) is 0. The summed E-state index contributed by atoms with van der Waals surface area (Å²) in [5, 5.41) is 4.13. The van der Waals surface area contributed by atoms with Crippen molar-refractivity contribution >= 4 is 11.6 Å². The molecule has 0 unspecified atom stereocenters. The van der Waals surface area contributed by atoms with E-state index in [0.29, 0.717) is 0 Å². The Kier molecular flexibility index (Phi) is 4.73. The number of benzene rings is 1. The lowest BCUT2D eigenvalue weighted by atomic mass is 10.0. The van der Waals surface area contributed by atoms with Gasteiger partial charge in [0.2, 0.25) is 0 Å². The first-order valence-electron chi connectivity index (χ1n) is 6.16. The predicted octanol–water partition coefficient (Wildman–Crippen LogP) is 3.44. The number of hydrogen-bond acceptors (Lipinski definition) is 2. The topological polar surface area (TPSA) is 24.9 Å². The van der Waals surface area contributed by atoms with Crippen LogP contribution in [-0.4, -0.2) is 11.5 Å². The van der Waals surface area contributed by atoms with Crippen molar-refractivity contribution in [3.63, 3.8) is 0 Å². The quantitative estimate of drug-likeness (QED) is 0.891. The van der Waals surface area contributed by atoms with Gasteiger partial charge in [-0.2, -0.15) is 0 Å². The van der Waals surface area contributed by atoms with Gasteiger partial charge in [0.25, 0.3) is 0 Å². The molecule has 0 aliphatic carbocycles. The summed E-state index contributed by atoms with van der Waals surface area (Å²) in [6.07, 6.45) is 4.47. The van der Waals surface area contributed by atoms with Crippen LogP contribution >= 0.6 is 11.6 Å². The third kappa shape index (κ3) is 3.56. The zero-order chi connectivity index (χ0) is 12.8. The van der Waals surface area contributed by atoms with Gasteiger partial charge in [-0.15, -0.1) is 0 Å². The average molecular weight is 261 g/mol. The number of hydrogen-bond donors (Lipinski definition) is 1. The fourth-order valence-electron chi connectivity index (χ4n) is 1.83. The van der Waals surface area contributed by atoms with Crippen molar-refractivity contribution < 1.29 is 0 Å². The SMILES string of the molecule is CCNCc1ccc(Cc2ccncc2)c(Cl)c1. The second-order valence-corrected chi connectivity index (χ2v) is 4.65. The number of halogens is 1. The summed E-state index contributed by atoms with van der Waals surface area (Å²) in [4.78, 5) is 4.02. The van der Waals surface area contributed by atoms with Crippen LogP contribution in [0.2, 0.25) is 5.02 Å². The molecule has 18 heavy (non-hydrogen) atoms. The molecule has 0 spiro atoms. The van der Waals surface area contributed by atoms with Gasteiger partial charge in [-0.05, 0) is 47.9 Å². The predicted molar refractivity (Wildman–Crippen MR) is 75.9 cm³/mol. The van der Waals surface area contributed by atoms with Gasteiger partial charge in [0.1, 0.15) is 0 Å². The maximum absolute atomic E-state index is 6.31. The van der Waals surface area contributed by atoms with Gasteiger partial charge in [-0.1, -0.05) is 30.7 Å². The highest BCUT2D eigenvalue weighted by molar-refractivity contribution is 6.31. The Hall–Kier alpha value is -1.38. The average Bonchev–Trinajstić information content (AvgIpc) is 2.40. The monoisotopic (exact) mass is 260 g/mol. The molecule has 0 fully saturated rings. The van der Waals surface area contributed by atoms with E-state index in [2.05, 4.69) is 29.4 Å². The molecule has 1 aromatic heterocycles. The molecule has 2 nitrogen and oxygen atoms in total. The maximum atomic E-state index is 6.31. The van der Waals surface area contributed by atoms with Crippen LogP contribution in [0.5, 0.6) is 0 Å². The summed E-state index contributed by atoms with van der Waals surface area (Å²) >= 11 is 6.31. The van der Waals surface area contributed by atoms with Crippen LogP contribution in [0.1, 0.15) is 23.6 Å². The summed E-state index contributed by atoms with van der Waals surface area (Å²) in [5.41, 5.74) is 3.61. The number of nitrogens with zero attached hydrogens (tertiary/aromatic N) is 1. The molecule has 3 heteroatoms. The molecule has 0 atom stereocenters. The van der Waals surface area contributed by atoms with E-state index in [9.17, 15) is 0 Å². The van der Waals surface area contributed by atoms with Gasteiger partial charge >= 0.3 is 0 Å². The third-order valence-electron chi connectivity index (χ3n) is 2.84. The lowest BCUT2D eigenvalue weighted by Gasteiger charge is -2.08. The standard InChI is InChI=1S/C15H17ClN2/c1-2-17-11-13-3-4-14(15(16)10-13)9-12-5-7-18-8-6-12/h3-8,10,17H,2,9,11H2,1H3. The molecule has 0 saturated carbocycles. The minimum atomic E-state index is 0.835. The molecule has 0 radical (unpaired) electrons. The highest BCUT2D eigenvalue weighted by atomic mass is 35.5. The molecular formula is C15H17ClN2. The van der Waals surface area contributed by atoms with Crippen LogP contribution in [-0.2, 0) is 13.0 Å². The Morgan fingerprint density at radius 1 is 1.11 bits per heavy atom. The van der Waals surface area contributed by atoms with Crippen LogP contribution in [0.25, 0.3) is 0 Å². The Morgan fingerprint density at radius 3 is 2.56 bits per heavy atom. The molecule has 0 bridgehead atoms. The zero-order valence-corrected chi connectivity index (χ0v) is 11.2. The summed E-state index contributed by atoms with van der Waals surface area (Å²) in [6, 6.07) is 10.3. The van der Waals surface area contributed by atoms with E-state index in [1.807, 2.05) is 30.6 Å². The van der Waals surface area contributed by atoms with Gasteiger partial charge in [0, 0.05) is 24.0 Å². The largest absolute Gasteiger partial charge is 0.313 e. The Balaban J connectivity index is 2.10. The van der Waals surface area contributed by atoms with E-state index in [-0.39, 0.29) is 0 Å². The van der Waals surface area contributed by atoms with Crippen LogP contribution in [0.3, 0.4) is 0 Å². The van der Waals surface area contributed by atoms with Crippen LogP contribution in [0.15, 0.2) is 42.7 Å². The number of rotatable bonds is 5. The van der Waals surface area contributed by atoms with E-state index >= 15 is 0 Å². The minimum absolute atomic E-state index is 0.835. The lowest BCUT2D eigenvalue weighted by molar-refractivity contribution is 0.726. The van der Waals surface area contributed by atoms with Crippen LogP contribution in [0.4, 0.5) is 0 Å². The number of pyridine rings is 1. The second kappa shape index (κ2) is 6.53. The summed E-state index contributed by atoms with van der Waals surface area (Å²) in [7, 11) is 0. The highest BCUT2D eigenvalue weighted by Gasteiger charge is 2.03. The Morgan fingerprint density at radius 2 is 1.89 bits per heavy atom. The molecule has 0 aliphatic rings. The number of nitrogens with one attached hydrogen (secondary N) is 1. The lowest BCUT2D eigenvalue weighted by Crippen LogP contribution is -2.11. The summed E-state index contributed by atoms with van der Waals surface area (Å²) < 4.78 is 0. The fourth-order valence-corrected chi connectivity index (χ4v) is 2.10. The Labute approximate surface area is 113 Å². The van der Waals surface area contributed by atoms with Crippen LogP contribution in [0, 0.1) is 0 Å². The first-order chi connectivity index (χ1) is 8.79. The van der Waals surface area contributed by atoms with Gasteiger partial charge in [0.15, 0.2) is 0 Å². The van der Waals surface area contributed by atoms with Crippen molar-refractivity contribution in [3.8, 4) is 0 Å². The van der Waals surface area contributed by atoms with Gasteiger partial charge in [0.05, 0.1) is 0 Å². The Bertz CT molecular complexity index is 497. The van der Waals surface area contributed by atoms with Crippen molar-refractivity contribution in [2.75, 3.05) is 6.54 Å². The van der Waals surface area contributed by atoms with Crippen molar-refractivity contribution in [3.05, 3.63) is 64.4 Å². The molecule has 0 aliphatic heterocycles. The van der Waals surface area contributed by atoms with E-state index < -0.39 is 0 Å². The van der Waals surface area contributed by atoms with E-state index in [0.717, 1.165) is 30.1 Å². The maximum Gasteiger partial charge on any atom is 0.0444 e. The minimum Gasteiger partial charge on any atom is -0.313 e. The molecule has 0 saturated heterocycles. The molecule has 94 valence electrons. The van der Waals surface area contributed by atoms with Crippen molar-refractivity contribution in [1.29, 1.82) is 0 Å². The fraction of sp³-hybridized carbons (Fsp3) is 0.267. The van der Waals surface area contributed by atoms with Crippen molar-refractivity contribution in [2.45, 2.75) is 19.9 Å². The van der Waals surface area contributed by atoms with Crippen LogP contribution < -0.4 is 5.32 Å². The second-order valence-electron chi connectivity index (χ2n) is 4.24. The van der Waals surface area contributed by atoms with Crippen molar-refractivity contribution in [1.82, 2.24) is 10.3 Å². The molecule has 2 aromatic rings. The normalized spacial score (nSPS) is 10.6. The smallest absolute Gasteiger partial charge is 0.0444 e. The molecule has 0 amide bonds. The molecular weight excluding hydrogens is 244 g/mol. The highest BCUT2D eigenvalue weighted by Crippen LogP contribution is 2.20. The third-order valence-corrected chi connectivity index (χ3v) is 3.19. The van der Waals surface area contributed by atoms with Crippen molar-refractivity contribution in [2.24, 2.45) is 0 Å². The van der Waals surface area contributed by atoms with E-state index in [1.54, 1.807) is 0 Å².